The van der Waals surface area contributed by atoms with E-state index >= 15 is 0 Å². The molecule has 0 aromatic carbocycles. The summed E-state index contributed by atoms with van der Waals surface area (Å²) in [4.78, 5) is 3.87. The molecule has 16 heavy (non-hydrogen) atoms. The van der Waals surface area contributed by atoms with E-state index in [0.717, 1.165) is 4.31 Å². The van der Waals surface area contributed by atoms with Gasteiger partial charge in [-0.3, -0.25) is 4.98 Å². The highest BCUT2D eigenvalue weighted by atomic mass is 32.2. The molecule has 0 amide bonds. The molecule has 1 aromatic heterocycles. The van der Waals surface area contributed by atoms with E-state index in [-0.39, 0.29) is 17.5 Å². The molecule has 6 heteroatoms. The van der Waals surface area contributed by atoms with Crippen molar-refractivity contribution in [3.63, 3.8) is 0 Å². The van der Waals surface area contributed by atoms with Crippen LogP contribution in [0.2, 0.25) is 0 Å². The first-order valence-corrected chi connectivity index (χ1v) is 6.23. The first-order valence-electron chi connectivity index (χ1n) is 4.79. The van der Waals surface area contributed by atoms with E-state index in [2.05, 4.69) is 4.98 Å². The van der Waals surface area contributed by atoms with Crippen molar-refractivity contribution in [3.8, 4) is 6.07 Å². The SMILES string of the molecule is CC(C)N(CC#N)S(=O)(=O)c1cccnc1. The summed E-state index contributed by atoms with van der Waals surface area (Å²) in [6.45, 7) is 3.30. The fourth-order valence-corrected chi connectivity index (χ4v) is 2.75. The molecule has 0 unspecified atom stereocenters. The molecule has 0 aliphatic heterocycles. The smallest absolute Gasteiger partial charge is 0.245 e. The molecule has 1 rings (SSSR count). The van der Waals surface area contributed by atoms with Crippen LogP contribution in [0.3, 0.4) is 0 Å². The first-order chi connectivity index (χ1) is 7.50. The van der Waals surface area contributed by atoms with Gasteiger partial charge in [0.1, 0.15) is 11.4 Å². The highest BCUT2D eigenvalue weighted by molar-refractivity contribution is 7.89. The number of hydrogen-bond donors (Lipinski definition) is 0. The Morgan fingerprint density at radius 2 is 2.25 bits per heavy atom. The zero-order chi connectivity index (χ0) is 12.2. The molecular formula is C10H13N3O2S. The Morgan fingerprint density at radius 3 is 2.69 bits per heavy atom. The van der Waals surface area contributed by atoms with Crippen LogP contribution in [0, 0.1) is 11.3 Å². The van der Waals surface area contributed by atoms with Crippen molar-refractivity contribution in [2.75, 3.05) is 6.54 Å². The Labute approximate surface area is 95.4 Å². The van der Waals surface area contributed by atoms with E-state index in [9.17, 15) is 8.42 Å². The summed E-state index contributed by atoms with van der Waals surface area (Å²) in [6.07, 6.45) is 2.78. The number of pyridine rings is 1. The number of aromatic nitrogens is 1. The molecule has 0 saturated heterocycles. The van der Waals surface area contributed by atoms with E-state index in [0.29, 0.717) is 0 Å². The fourth-order valence-electron chi connectivity index (χ4n) is 1.25. The van der Waals surface area contributed by atoms with Crippen molar-refractivity contribution < 1.29 is 8.42 Å². The minimum Gasteiger partial charge on any atom is -0.263 e. The van der Waals surface area contributed by atoms with Gasteiger partial charge in [-0.15, -0.1) is 0 Å². The average Bonchev–Trinajstić information content (AvgIpc) is 2.26. The van der Waals surface area contributed by atoms with Gasteiger partial charge in [0.2, 0.25) is 10.0 Å². The Bertz CT molecular complexity index is 477. The van der Waals surface area contributed by atoms with Crippen LogP contribution in [0.4, 0.5) is 0 Å². The van der Waals surface area contributed by atoms with Gasteiger partial charge in [0.25, 0.3) is 0 Å². The van der Waals surface area contributed by atoms with Gasteiger partial charge in [-0.1, -0.05) is 0 Å². The van der Waals surface area contributed by atoms with Crippen molar-refractivity contribution >= 4 is 10.0 Å². The minimum atomic E-state index is -3.61. The van der Waals surface area contributed by atoms with Crippen molar-refractivity contribution in [1.82, 2.24) is 9.29 Å². The highest BCUT2D eigenvalue weighted by Gasteiger charge is 2.26. The van der Waals surface area contributed by atoms with Crippen LogP contribution in [-0.2, 0) is 10.0 Å². The standard InChI is InChI=1S/C10H13N3O2S/c1-9(2)13(7-5-11)16(14,15)10-4-3-6-12-8-10/h3-4,6,8-9H,7H2,1-2H3. The maximum atomic E-state index is 12.1. The maximum absolute atomic E-state index is 12.1. The van der Waals surface area contributed by atoms with Gasteiger partial charge in [-0.05, 0) is 26.0 Å². The summed E-state index contributed by atoms with van der Waals surface area (Å²) in [5.74, 6) is 0. The average molecular weight is 239 g/mol. The third kappa shape index (κ3) is 2.56. The van der Waals surface area contributed by atoms with Crippen LogP contribution in [0.15, 0.2) is 29.4 Å². The lowest BCUT2D eigenvalue weighted by Crippen LogP contribution is -2.37. The fraction of sp³-hybridized carbons (Fsp3) is 0.400. The molecule has 0 spiro atoms. The third-order valence-electron chi connectivity index (χ3n) is 2.04. The van der Waals surface area contributed by atoms with Crippen molar-refractivity contribution in [2.24, 2.45) is 0 Å². The van der Waals surface area contributed by atoms with E-state index in [1.54, 1.807) is 19.9 Å². The normalized spacial score (nSPS) is 11.7. The molecule has 86 valence electrons. The molecule has 0 aliphatic carbocycles. The molecule has 1 heterocycles. The van der Waals surface area contributed by atoms with E-state index in [1.807, 2.05) is 6.07 Å². The van der Waals surface area contributed by atoms with Gasteiger partial charge < -0.3 is 0 Å². The zero-order valence-electron chi connectivity index (χ0n) is 9.16. The third-order valence-corrected chi connectivity index (χ3v) is 4.05. The number of rotatable bonds is 4. The molecule has 0 N–H and O–H groups in total. The second kappa shape index (κ2) is 5.05. The van der Waals surface area contributed by atoms with Gasteiger partial charge in [0.15, 0.2) is 0 Å². The number of sulfonamides is 1. The minimum absolute atomic E-state index is 0.110. The van der Waals surface area contributed by atoms with E-state index in [4.69, 9.17) is 5.26 Å². The van der Waals surface area contributed by atoms with Crippen LogP contribution in [0.5, 0.6) is 0 Å². The van der Waals surface area contributed by atoms with Crippen LogP contribution in [0.1, 0.15) is 13.8 Å². The van der Waals surface area contributed by atoms with Gasteiger partial charge in [0.05, 0.1) is 6.07 Å². The van der Waals surface area contributed by atoms with E-state index < -0.39 is 10.0 Å². The van der Waals surface area contributed by atoms with Gasteiger partial charge in [0, 0.05) is 18.4 Å². The lowest BCUT2D eigenvalue weighted by atomic mass is 10.4. The lowest BCUT2D eigenvalue weighted by molar-refractivity contribution is 0.385. The van der Waals surface area contributed by atoms with Crippen molar-refractivity contribution in [3.05, 3.63) is 24.5 Å². The van der Waals surface area contributed by atoms with Crippen LogP contribution >= 0.6 is 0 Å². The number of nitrogens with zero attached hydrogens (tertiary/aromatic N) is 3. The molecular weight excluding hydrogens is 226 g/mol. The Hall–Kier alpha value is -1.45. The zero-order valence-corrected chi connectivity index (χ0v) is 9.98. The van der Waals surface area contributed by atoms with E-state index in [1.165, 1.54) is 18.5 Å². The first kappa shape index (κ1) is 12.6. The monoisotopic (exact) mass is 239 g/mol. The predicted octanol–water partition coefficient (Wildman–Crippen LogP) is 1.00. The number of nitriles is 1. The molecule has 0 bridgehead atoms. The highest BCUT2D eigenvalue weighted by Crippen LogP contribution is 2.16. The summed E-state index contributed by atoms with van der Waals surface area (Å²) >= 11 is 0. The van der Waals surface area contributed by atoms with Gasteiger partial charge in [-0.25, -0.2) is 8.42 Å². The van der Waals surface area contributed by atoms with Gasteiger partial charge in [-0.2, -0.15) is 9.57 Å². The summed E-state index contributed by atoms with van der Waals surface area (Å²) in [5.41, 5.74) is 0. The molecule has 5 nitrogen and oxygen atoms in total. The summed E-state index contributed by atoms with van der Waals surface area (Å²) in [6, 6.07) is 4.61. The van der Waals surface area contributed by atoms with Gasteiger partial charge >= 0.3 is 0 Å². The Kier molecular flexibility index (Phi) is 3.99. The summed E-state index contributed by atoms with van der Waals surface area (Å²) < 4.78 is 25.3. The molecule has 0 aliphatic rings. The lowest BCUT2D eigenvalue weighted by Gasteiger charge is -2.22. The maximum Gasteiger partial charge on any atom is 0.245 e. The Morgan fingerprint density at radius 1 is 1.56 bits per heavy atom. The topological polar surface area (TPSA) is 74.1 Å². The quantitative estimate of drug-likeness (QED) is 0.735. The van der Waals surface area contributed by atoms with Crippen LogP contribution in [0.25, 0.3) is 0 Å². The predicted molar refractivity (Wildman–Crippen MR) is 58.9 cm³/mol. The number of hydrogen-bond acceptors (Lipinski definition) is 4. The molecule has 0 saturated carbocycles. The molecule has 0 atom stereocenters. The Balaban J connectivity index is 3.15. The summed E-state index contributed by atoms with van der Waals surface area (Å²) in [5, 5.41) is 8.62. The summed E-state index contributed by atoms with van der Waals surface area (Å²) in [7, 11) is -3.61. The molecule has 0 fully saturated rings. The largest absolute Gasteiger partial charge is 0.263 e. The van der Waals surface area contributed by atoms with Crippen molar-refractivity contribution in [2.45, 2.75) is 24.8 Å². The van der Waals surface area contributed by atoms with Crippen molar-refractivity contribution in [1.29, 1.82) is 5.26 Å². The van der Waals surface area contributed by atoms with Crippen LogP contribution < -0.4 is 0 Å². The molecule has 1 aromatic rings. The molecule has 0 radical (unpaired) electrons. The van der Waals surface area contributed by atoms with Crippen LogP contribution in [-0.4, -0.2) is 30.3 Å². The second-order valence-electron chi connectivity index (χ2n) is 3.49. The second-order valence-corrected chi connectivity index (χ2v) is 5.38.